The maximum Gasteiger partial charge on any atom is 0.312 e. The highest BCUT2D eigenvalue weighted by Crippen LogP contribution is 2.30. The standard InChI is InChI=1S/C14H14N5O/c1-2-18-6-7-19-11(8-18)15-10-5-3-4-9-12(10)13(19)16-17-14(9)20/h3-5H,2,6-8H2,1H3/q+1. The third-order valence-corrected chi connectivity index (χ3v) is 4.00. The number of nitrogens with zero attached hydrogens (tertiary/aromatic N) is 5. The number of aromatic nitrogens is 2. The number of amides is 1. The fraction of sp³-hybridized carbons (Fsp3) is 0.357. The molecule has 0 saturated carbocycles. The molecule has 2 aliphatic rings. The van der Waals surface area contributed by atoms with Gasteiger partial charge in [0.2, 0.25) is 0 Å². The third kappa shape index (κ3) is 1.51. The summed E-state index contributed by atoms with van der Waals surface area (Å²) in [5.74, 6) is 1.48. The smallest absolute Gasteiger partial charge is 0.291 e. The lowest BCUT2D eigenvalue weighted by Crippen LogP contribution is -2.51. The van der Waals surface area contributed by atoms with Gasteiger partial charge >= 0.3 is 11.7 Å². The van der Waals surface area contributed by atoms with Gasteiger partial charge in [-0.25, -0.2) is 4.57 Å². The molecule has 0 N–H and O–H groups in total. The lowest BCUT2D eigenvalue weighted by Gasteiger charge is -2.25. The maximum absolute atomic E-state index is 11.8. The van der Waals surface area contributed by atoms with Gasteiger partial charge in [0.25, 0.3) is 5.82 Å². The van der Waals surface area contributed by atoms with E-state index in [2.05, 4.69) is 26.6 Å². The molecule has 6 heteroatoms. The molecular weight excluding hydrogens is 254 g/mol. The summed E-state index contributed by atoms with van der Waals surface area (Å²) in [7, 11) is 0. The maximum atomic E-state index is 11.8. The Balaban J connectivity index is 2.03. The normalized spacial score (nSPS) is 17.6. The number of rotatable bonds is 1. The van der Waals surface area contributed by atoms with Gasteiger partial charge in [-0.1, -0.05) is 13.0 Å². The van der Waals surface area contributed by atoms with Crippen LogP contribution in [0.4, 0.5) is 5.82 Å². The van der Waals surface area contributed by atoms with Crippen LogP contribution in [0.15, 0.2) is 28.4 Å². The summed E-state index contributed by atoms with van der Waals surface area (Å²) in [6.45, 7) is 5.78. The number of hydrogen-bond acceptors (Lipinski definition) is 4. The van der Waals surface area contributed by atoms with E-state index in [0.717, 1.165) is 48.7 Å². The van der Waals surface area contributed by atoms with Gasteiger partial charge in [-0.05, 0) is 23.8 Å². The summed E-state index contributed by atoms with van der Waals surface area (Å²) >= 11 is 0. The Morgan fingerprint density at radius 2 is 2.25 bits per heavy atom. The monoisotopic (exact) mass is 268 g/mol. The molecule has 1 amide bonds. The molecule has 2 aliphatic heterocycles. The van der Waals surface area contributed by atoms with Crippen molar-refractivity contribution in [2.45, 2.75) is 20.0 Å². The van der Waals surface area contributed by atoms with Crippen molar-refractivity contribution in [1.29, 1.82) is 0 Å². The fourth-order valence-electron chi connectivity index (χ4n) is 2.90. The average molecular weight is 268 g/mol. The highest BCUT2D eigenvalue weighted by molar-refractivity contribution is 6.10. The van der Waals surface area contributed by atoms with E-state index in [-0.39, 0.29) is 5.91 Å². The Bertz CT molecular complexity index is 768. The Labute approximate surface area is 115 Å². The van der Waals surface area contributed by atoms with Crippen molar-refractivity contribution >= 4 is 22.6 Å². The number of azo groups is 1. The first-order valence-corrected chi connectivity index (χ1v) is 6.82. The molecule has 20 heavy (non-hydrogen) atoms. The van der Waals surface area contributed by atoms with Gasteiger partial charge in [0.05, 0.1) is 18.7 Å². The third-order valence-electron chi connectivity index (χ3n) is 4.00. The Kier molecular flexibility index (Phi) is 2.40. The highest BCUT2D eigenvalue weighted by Gasteiger charge is 2.31. The lowest BCUT2D eigenvalue weighted by atomic mass is 10.1. The van der Waals surface area contributed by atoms with Gasteiger partial charge in [0, 0.05) is 11.7 Å². The summed E-state index contributed by atoms with van der Waals surface area (Å²) in [6, 6.07) is 5.58. The van der Waals surface area contributed by atoms with Crippen LogP contribution >= 0.6 is 0 Å². The predicted octanol–water partition coefficient (Wildman–Crippen LogP) is 1.60. The number of hydrogen-bond donors (Lipinski definition) is 0. The minimum absolute atomic E-state index is 0.281. The van der Waals surface area contributed by atoms with Gasteiger partial charge in [-0.3, -0.25) is 9.69 Å². The molecule has 0 fully saturated rings. The second-order valence-corrected chi connectivity index (χ2v) is 5.08. The topological polar surface area (TPSA) is 61.8 Å². The van der Waals surface area contributed by atoms with E-state index in [1.807, 2.05) is 12.1 Å². The van der Waals surface area contributed by atoms with Gasteiger partial charge in [0.1, 0.15) is 5.39 Å². The van der Waals surface area contributed by atoms with Crippen LogP contribution in [-0.2, 0) is 13.1 Å². The SMILES string of the molecule is CCN1CC[n+]2c(nc3cccc4c3c2N=NC4=O)C1. The number of likely N-dealkylation sites (N-methyl/N-ethyl adjacent to an activating group) is 1. The van der Waals surface area contributed by atoms with Crippen LogP contribution in [0.25, 0.3) is 10.9 Å². The van der Waals surface area contributed by atoms with E-state index in [0.29, 0.717) is 5.56 Å². The molecule has 0 radical (unpaired) electrons. The van der Waals surface area contributed by atoms with Crippen LogP contribution in [0.3, 0.4) is 0 Å². The number of carbonyl (C=O) groups excluding carboxylic acids is 1. The highest BCUT2D eigenvalue weighted by atomic mass is 16.1. The van der Waals surface area contributed by atoms with Gasteiger partial charge in [-0.15, -0.1) is 4.98 Å². The summed E-state index contributed by atoms with van der Waals surface area (Å²) in [5.41, 5.74) is 1.43. The van der Waals surface area contributed by atoms with E-state index in [1.54, 1.807) is 6.07 Å². The molecule has 0 aliphatic carbocycles. The zero-order valence-electron chi connectivity index (χ0n) is 11.2. The van der Waals surface area contributed by atoms with E-state index < -0.39 is 0 Å². The van der Waals surface area contributed by atoms with Crippen LogP contribution < -0.4 is 4.57 Å². The Morgan fingerprint density at radius 3 is 3.10 bits per heavy atom. The molecule has 3 heterocycles. The predicted molar refractivity (Wildman–Crippen MR) is 71.7 cm³/mol. The quantitative estimate of drug-likeness (QED) is 0.738. The molecule has 100 valence electrons. The zero-order chi connectivity index (χ0) is 13.7. The van der Waals surface area contributed by atoms with Crippen molar-refractivity contribution in [3.63, 3.8) is 0 Å². The molecule has 1 aromatic heterocycles. The van der Waals surface area contributed by atoms with E-state index in [4.69, 9.17) is 4.98 Å². The largest absolute Gasteiger partial charge is 0.312 e. The van der Waals surface area contributed by atoms with Crippen LogP contribution in [0.2, 0.25) is 0 Å². The molecule has 0 bridgehead atoms. The first-order chi connectivity index (χ1) is 9.78. The van der Waals surface area contributed by atoms with Crippen molar-refractivity contribution in [1.82, 2.24) is 9.88 Å². The van der Waals surface area contributed by atoms with Crippen molar-refractivity contribution in [3.05, 3.63) is 29.6 Å². The van der Waals surface area contributed by atoms with Crippen LogP contribution in [-0.4, -0.2) is 28.9 Å². The molecule has 0 unspecified atom stereocenters. The van der Waals surface area contributed by atoms with Crippen LogP contribution in [0.5, 0.6) is 0 Å². The van der Waals surface area contributed by atoms with Crippen LogP contribution in [0, 0.1) is 0 Å². The van der Waals surface area contributed by atoms with Crippen molar-refractivity contribution < 1.29 is 9.36 Å². The Hall–Kier alpha value is -2.21. The first-order valence-electron chi connectivity index (χ1n) is 6.82. The molecule has 0 spiro atoms. The lowest BCUT2D eigenvalue weighted by molar-refractivity contribution is -0.701. The number of carbonyl (C=O) groups is 1. The molecule has 0 atom stereocenters. The number of fused-ring (bicyclic) bond motifs is 2. The molecule has 4 rings (SSSR count). The van der Waals surface area contributed by atoms with Gasteiger partial charge in [0.15, 0.2) is 5.52 Å². The second kappa shape index (κ2) is 4.14. The van der Waals surface area contributed by atoms with Gasteiger partial charge < -0.3 is 0 Å². The minimum Gasteiger partial charge on any atom is -0.291 e. The molecular formula is C14H14N5O+. The van der Waals surface area contributed by atoms with E-state index in [1.165, 1.54) is 0 Å². The van der Waals surface area contributed by atoms with Crippen molar-refractivity contribution in [3.8, 4) is 0 Å². The summed E-state index contributed by atoms with van der Waals surface area (Å²) in [4.78, 5) is 18.9. The van der Waals surface area contributed by atoms with Gasteiger partial charge in [-0.2, -0.15) is 0 Å². The van der Waals surface area contributed by atoms with E-state index in [9.17, 15) is 4.79 Å². The first kappa shape index (κ1) is 11.6. The average Bonchev–Trinajstić information content (AvgIpc) is 2.49. The van der Waals surface area contributed by atoms with Crippen molar-refractivity contribution in [2.24, 2.45) is 10.2 Å². The van der Waals surface area contributed by atoms with Crippen molar-refractivity contribution in [2.75, 3.05) is 13.1 Å². The molecule has 0 saturated heterocycles. The van der Waals surface area contributed by atoms with E-state index >= 15 is 0 Å². The molecule has 2 aromatic rings. The minimum atomic E-state index is -0.281. The van der Waals surface area contributed by atoms with Crippen LogP contribution in [0.1, 0.15) is 23.1 Å². The zero-order valence-corrected chi connectivity index (χ0v) is 11.2. The Morgan fingerprint density at radius 1 is 1.35 bits per heavy atom. The fourth-order valence-corrected chi connectivity index (χ4v) is 2.90. The summed E-state index contributed by atoms with van der Waals surface area (Å²) in [6.07, 6.45) is 0. The molecule has 1 aromatic carbocycles. The number of benzene rings is 1. The molecule has 6 nitrogen and oxygen atoms in total. The summed E-state index contributed by atoms with van der Waals surface area (Å²) < 4.78 is 2.09. The summed E-state index contributed by atoms with van der Waals surface area (Å²) in [5, 5.41) is 8.74. The second-order valence-electron chi connectivity index (χ2n) is 5.08.